The van der Waals surface area contributed by atoms with E-state index in [9.17, 15) is 14.0 Å². The Balaban J connectivity index is 2.11. The number of aryl methyl sites for hydroxylation is 2. The predicted molar refractivity (Wildman–Crippen MR) is 88.2 cm³/mol. The van der Waals surface area contributed by atoms with E-state index in [1.54, 1.807) is 4.68 Å². The smallest absolute Gasteiger partial charge is 0.319 e. The first-order valence-electron chi connectivity index (χ1n) is 7.37. The molecule has 128 valence electrons. The molecule has 0 spiro atoms. The zero-order chi connectivity index (χ0) is 18.0. The average Bonchev–Trinajstić information content (AvgIpc) is 2.73. The van der Waals surface area contributed by atoms with Crippen LogP contribution in [0.1, 0.15) is 40.3 Å². The van der Waals surface area contributed by atoms with Gasteiger partial charge in [0.05, 0.1) is 17.3 Å². The van der Waals surface area contributed by atoms with Crippen molar-refractivity contribution >= 4 is 17.6 Å². The van der Waals surface area contributed by atoms with Crippen LogP contribution in [0.3, 0.4) is 0 Å². The Bertz CT molecular complexity index is 800. The van der Waals surface area contributed by atoms with E-state index >= 15 is 0 Å². The molecule has 1 aromatic heterocycles. The van der Waals surface area contributed by atoms with Crippen molar-refractivity contribution in [1.82, 2.24) is 15.1 Å². The van der Waals surface area contributed by atoms with Crippen LogP contribution in [0.4, 0.5) is 14.9 Å². The van der Waals surface area contributed by atoms with Crippen molar-refractivity contribution in [3.63, 3.8) is 0 Å². The van der Waals surface area contributed by atoms with Gasteiger partial charge in [-0.05, 0) is 39.0 Å². The van der Waals surface area contributed by atoms with Crippen molar-refractivity contribution in [3.05, 3.63) is 46.5 Å². The largest absolute Gasteiger partial charge is 0.366 e. The molecule has 0 unspecified atom stereocenters. The molecule has 0 fully saturated rings. The number of nitrogens with one attached hydrogen (secondary N) is 2. The molecular formula is C16H20FN5O2. The molecular weight excluding hydrogens is 313 g/mol. The fourth-order valence-corrected chi connectivity index (χ4v) is 2.64. The van der Waals surface area contributed by atoms with Gasteiger partial charge in [-0.2, -0.15) is 5.10 Å². The fourth-order valence-electron chi connectivity index (χ4n) is 2.64. The van der Waals surface area contributed by atoms with Crippen LogP contribution in [0.5, 0.6) is 0 Å². The molecule has 2 aromatic rings. The van der Waals surface area contributed by atoms with Crippen LogP contribution in [0.25, 0.3) is 0 Å². The van der Waals surface area contributed by atoms with Crippen molar-refractivity contribution in [2.75, 3.05) is 5.32 Å². The van der Waals surface area contributed by atoms with Crippen molar-refractivity contribution in [3.8, 4) is 0 Å². The first-order valence-corrected chi connectivity index (χ1v) is 7.37. The molecule has 0 saturated carbocycles. The number of benzene rings is 1. The minimum atomic E-state index is -0.897. The third-order valence-electron chi connectivity index (χ3n) is 3.84. The molecule has 7 nitrogen and oxygen atoms in total. The number of amides is 3. The van der Waals surface area contributed by atoms with Crippen molar-refractivity contribution in [2.24, 2.45) is 12.8 Å². The highest BCUT2D eigenvalue weighted by Gasteiger charge is 2.18. The molecule has 0 aliphatic carbocycles. The van der Waals surface area contributed by atoms with Crippen LogP contribution < -0.4 is 16.4 Å². The van der Waals surface area contributed by atoms with E-state index in [0.717, 1.165) is 23.0 Å². The summed E-state index contributed by atoms with van der Waals surface area (Å²) < 4.78 is 15.2. The minimum Gasteiger partial charge on any atom is -0.366 e. The van der Waals surface area contributed by atoms with Crippen LogP contribution in [-0.4, -0.2) is 21.7 Å². The fraction of sp³-hybridized carbons (Fsp3) is 0.312. The lowest BCUT2D eigenvalue weighted by Crippen LogP contribution is -2.31. The average molecular weight is 333 g/mol. The van der Waals surface area contributed by atoms with Gasteiger partial charge in [-0.3, -0.25) is 9.48 Å². The summed E-state index contributed by atoms with van der Waals surface area (Å²) in [7, 11) is 1.84. The molecule has 1 aromatic carbocycles. The number of carbonyl (C=O) groups excluding carboxylic acids is 2. The Kier molecular flexibility index (Phi) is 4.87. The van der Waals surface area contributed by atoms with E-state index in [1.165, 1.54) is 12.1 Å². The minimum absolute atomic E-state index is 0.269. The number of hydrogen-bond acceptors (Lipinski definition) is 3. The molecule has 24 heavy (non-hydrogen) atoms. The second-order valence-electron chi connectivity index (χ2n) is 5.59. The maximum absolute atomic E-state index is 13.4. The second kappa shape index (κ2) is 6.69. The number of primary amides is 1. The van der Waals surface area contributed by atoms with E-state index in [0.29, 0.717) is 0 Å². The summed E-state index contributed by atoms with van der Waals surface area (Å²) in [4.78, 5) is 23.3. The van der Waals surface area contributed by atoms with Gasteiger partial charge in [-0.25, -0.2) is 9.18 Å². The lowest BCUT2D eigenvalue weighted by molar-refractivity contribution is 0.0996. The van der Waals surface area contributed by atoms with E-state index in [1.807, 2.05) is 27.8 Å². The predicted octanol–water partition coefficient (Wildman–Crippen LogP) is 2.16. The standard InChI is InChI=1S/C16H20FN5O2/c1-8(14-9(2)21-22(4)10(14)3)19-16(24)20-11-5-6-13(17)12(7-11)15(18)23/h5-8H,1-4H3,(H2,18,23)(H2,19,20,24)/t8-/m0/s1. The monoisotopic (exact) mass is 333 g/mol. The molecule has 3 amide bonds. The highest BCUT2D eigenvalue weighted by molar-refractivity contribution is 5.96. The number of rotatable bonds is 4. The summed E-state index contributed by atoms with van der Waals surface area (Å²) >= 11 is 0. The first kappa shape index (κ1) is 17.5. The summed E-state index contributed by atoms with van der Waals surface area (Å²) in [5, 5.41) is 9.66. The molecule has 0 aliphatic rings. The SMILES string of the molecule is Cc1nn(C)c(C)c1[C@H](C)NC(=O)Nc1ccc(F)c(C(N)=O)c1. The van der Waals surface area contributed by atoms with Gasteiger partial charge >= 0.3 is 6.03 Å². The number of anilines is 1. The van der Waals surface area contributed by atoms with Gasteiger partial charge in [0.1, 0.15) is 5.82 Å². The second-order valence-corrected chi connectivity index (χ2v) is 5.59. The summed E-state index contributed by atoms with van der Waals surface area (Å²) in [6.45, 7) is 5.64. The molecule has 1 heterocycles. The van der Waals surface area contributed by atoms with Gasteiger partial charge < -0.3 is 16.4 Å². The lowest BCUT2D eigenvalue weighted by atomic mass is 10.1. The number of urea groups is 1. The van der Waals surface area contributed by atoms with Gasteiger partial charge in [-0.1, -0.05) is 0 Å². The number of carbonyl (C=O) groups is 2. The first-order chi connectivity index (χ1) is 11.2. The number of nitrogens with two attached hydrogens (primary N) is 1. The van der Waals surface area contributed by atoms with E-state index in [2.05, 4.69) is 15.7 Å². The molecule has 0 radical (unpaired) electrons. The number of nitrogens with zero attached hydrogens (tertiary/aromatic N) is 2. The van der Waals surface area contributed by atoms with Crippen LogP contribution in [-0.2, 0) is 7.05 Å². The normalized spacial score (nSPS) is 11.9. The summed E-state index contributed by atoms with van der Waals surface area (Å²) in [5.41, 5.74) is 7.81. The Labute approximate surface area is 139 Å². The number of halogens is 1. The number of aromatic nitrogens is 2. The van der Waals surface area contributed by atoms with Gasteiger partial charge in [-0.15, -0.1) is 0 Å². The zero-order valence-electron chi connectivity index (χ0n) is 14.0. The van der Waals surface area contributed by atoms with Gasteiger partial charge in [0.25, 0.3) is 5.91 Å². The summed E-state index contributed by atoms with van der Waals surface area (Å²) in [6, 6.07) is 2.88. The Morgan fingerprint density at radius 2 is 2.00 bits per heavy atom. The van der Waals surface area contributed by atoms with Gasteiger partial charge in [0, 0.05) is 24.0 Å². The quantitative estimate of drug-likeness (QED) is 0.799. The van der Waals surface area contributed by atoms with Gasteiger partial charge in [0.15, 0.2) is 0 Å². The van der Waals surface area contributed by atoms with Crippen molar-refractivity contribution in [1.29, 1.82) is 0 Å². The molecule has 2 rings (SSSR count). The van der Waals surface area contributed by atoms with Crippen LogP contribution in [0, 0.1) is 19.7 Å². The molecule has 0 aliphatic heterocycles. The molecule has 0 saturated heterocycles. The molecule has 1 atom stereocenters. The maximum atomic E-state index is 13.4. The third-order valence-corrected chi connectivity index (χ3v) is 3.84. The zero-order valence-corrected chi connectivity index (χ0v) is 14.0. The highest BCUT2D eigenvalue weighted by atomic mass is 19.1. The van der Waals surface area contributed by atoms with Crippen LogP contribution >= 0.6 is 0 Å². The van der Waals surface area contributed by atoms with Crippen molar-refractivity contribution < 1.29 is 14.0 Å². The maximum Gasteiger partial charge on any atom is 0.319 e. The van der Waals surface area contributed by atoms with Crippen LogP contribution in [0.15, 0.2) is 18.2 Å². The molecule has 8 heteroatoms. The molecule has 4 N–H and O–H groups in total. The van der Waals surface area contributed by atoms with Crippen molar-refractivity contribution in [2.45, 2.75) is 26.8 Å². The Morgan fingerprint density at radius 3 is 2.54 bits per heavy atom. The number of hydrogen-bond donors (Lipinski definition) is 3. The van der Waals surface area contributed by atoms with E-state index in [-0.39, 0.29) is 17.3 Å². The Morgan fingerprint density at radius 1 is 1.33 bits per heavy atom. The van der Waals surface area contributed by atoms with Gasteiger partial charge in [0.2, 0.25) is 0 Å². The third kappa shape index (κ3) is 3.53. The lowest BCUT2D eigenvalue weighted by Gasteiger charge is -2.16. The summed E-state index contributed by atoms with van der Waals surface area (Å²) in [6.07, 6.45) is 0. The Hall–Kier alpha value is -2.90. The molecule has 0 bridgehead atoms. The van der Waals surface area contributed by atoms with E-state index in [4.69, 9.17) is 5.73 Å². The highest BCUT2D eigenvalue weighted by Crippen LogP contribution is 2.21. The van der Waals surface area contributed by atoms with E-state index < -0.39 is 17.8 Å². The topological polar surface area (TPSA) is 102 Å². The summed E-state index contributed by atoms with van der Waals surface area (Å²) in [5.74, 6) is -1.63. The van der Waals surface area contributed by atoms with Crippen LogP contribution in [0.2, 0.25) is 0 Å².